The van der Waals surface area contributed by atoms with E-state index in [9.17, 15) is 9.70 Å². The van der Waals surface area contributed by atoms with Gasteiger partial charge in [-0.15, -0.1) is 14.7 Å². The van der Waals surface area contributed by atoms with Gasteiger partial charge in [0.2, 0.25) is 11.5 Å². The van der Waals surface area contributed by atoms with Gasteiger partial charge in [0.15, 0.2) is 0 Å². The number of rotatable bonds is 3. The summed E-state index contributed by atoms with van der Waals surface area (Å²) in [6.07, 6.45) is 0. The lowest BCUT2D eigenvalue weighted by Gasteiger charge is -1.86. The van der Waals surface area contributed by atoms with Crippen LogP contribution in [0.2, 0.25) is 0 Å². The second kappa shape index (κ2) is 3.65. The van der Waals surface area contributed by atoms with E-state index in [1.165, 1.54) is 4.68 Å². The number of hydrogen-bond donors (Lipinski definition) is 2. The third-order valence-electron chi connectivity index (χ3n) is 1.56. The van der Waals surface area contributed by atoms with E-state index in [1.807, 2.05) is 0 Å². The molecule has 1 aromatic rings. The molecule has 13 heavy (non-hydrogen) atoms. The molecule has 0 atom stereocenters. The number of H-pyrrole nitrogens is 1. The van der Waals surface area contributed by atoms with Crippen LogP contribution >= 0.6 is 15.9 Å². The number of hydrogen-bond acceptors (Lipinski definition) is 3. The highest BCUT2D eigenvalue weighted by atomic mass is 79.9. The number of aromatic nitrogens is 2. The number of nitrogens with zero attached hydrogens (tertiary/aromatic N) is 2. The number of aromatic amines is 1. The highest BCUT2D eigenvalue weighted by molar-refractivity contribution is 9.10. The van der Waals surface area contributed by atoms with E-state index >= 15 is 0 Å². The Bertz CT molecular complexity index is 360. The Morgan fingerprint density at radius 2 is 2.38 bits per heavy atom. The minimum Gasteiger partial charge on any atom is -0.476 e. The number of aliphatic carboxylic acids is 1. The summed E-state index contributed by atoms with van der Waals surface area (Å²) in [6.45, 7) is 1.46. The Balaban J connectivity index is 3.09. The Morgan fingerprint density at radius 1 is 1.77 bits per heavy atom. The highest BCUT2D eigenvalue weighted by Crippen LogP contribution is 2.23. The fraction of sp³-hybridized carbons (Fsp3) is 0.333. The number of nitrogens with one attached hydrogen (secondary N) is 1. The fourth-order valence-corrected chi connectivity index (χ4v) is 1.28. The largest absolute Gasteiger partial charge is 0.476 e. The minimum absolute atomic E-state index is 0.0961. The van der Waals surface area contributed by atoms with E-state index in [2.05, 4.69) is 26.2 Å². The monoisotopic (exact) mass is 248 g/mol. The number of carbonyl (C=O) groups is 1. The van der Waals surface area contributed by atoms with E-state index in [-0.39, 0.29) is 12.4 Å². The molecule has 0 aliphatic rings. The van der Waals surface area contributed by atoms with Gasteiger partial charge in [0.1, 0.15) is 4.47 Å². The Hall–Kier alpha value is -1.24. The standard InChI is InChI=1S/C6H6BrN3O3/c1-3-5(7)6(9-13)8-10(3)2-4(11)12/h2H2,1H3,(H,11,12)/p+1. The Labute approximate surface area is 81.7 Å². The van der Waals surface area contributed by atoms with Crippen LogP contribution in [-0.2, 0) is 11.3 Å². The zero-order valence-corrected chi connectivity index (χ0v) is 8.33. The molecule has 1 aromatic heterocycles. The molecule has 0 spiro atoms. The lowest BCUT2D eigenvalue weighted by atomic mass is 10.4. The number of carboxylic acid groups (broad SMARTS) is 1. The van der Waals surface area contributed by atoms with Crippen molar-refractivity contribution in [1.82, 2.24) is 5.10 Å². The SMILES string of the molecule is Cc1c(Br)c(N=O)[nH][n+]1CC(=O)O. The van der Waals surface area contributed by atoms with Gasteiger partial charge in [-0.25, -0.2) is 4.79 Å². The zero-order valence-electron chi connectivity index (χ0n) is 6.74. The van der Waals surface area contributed by atoms with Crippen molar-refractivity contribution in [1.29, 1.82) is 0 Å². The summed E-state index contributed by atoms with van der Waals surface area (Å²) < 4.78 is 1.81. The van der Waals surface area contributed by atoms with Gasteiger partial charge in [-0.1, -0.05) is 0 Å². The summed E-state index contributed by atoms with van der Waals surface area (Å²) in [5, 5.41) is 13.7. The normalized spacial score (nSPS) is 10.0. The molecular formula is C6H7BrN3O3+. The van der Waals surface area contributed by atoms with Crippen LogP contribution in [0.1, 0.15) is 5.69 Å². The maximum atomic E-state index is 10.4. The molecule has 0 saturated carbocycles. The maximum Gasteiger partial charge on any atom is 0.372 e. The smallest absolute Gasteiger partial charge is 0.372 e. The molecular weight excluding hydrogens is 242 g/mol. The van der Waals surface area contributed by atoms with Crippen LogP contribution in [0.15, 0.2) is 9.65 Å². The number of nitroso groups, excluding NO2 is 1. The van der Waals surface area contributed by atoms with Crippen LogP contribution in [0, 0.1) is 11.8 Å². The third-order valence-corrected chi connectivity index (χ3v) is 2.51. The lowest BCUT2D eigenvalue weighted by molar-refractivity contribution is -0.744. The first-order valence-corrected chi connectivity index (χ1v) is 4.18. The van der Waals surface area contributed by atoms with Gasteiger partial charge in [-0.05, 0) is 21.1 Å². The fourth-order valence-electron chi connectivity index (χ4n) is 0.904. The first-order valence-electron chi connectivity index (χ1n) is 3.39. The van der Waals surface area contributed by atoms with Crippen LogP contribution < -0.4 is 4.68 Å². The molecule has 0 aliphatic carbocycles. The topological polar surface area (TPSA) is 86.4 Å². The van der Waals surface area contributed by atoms with Crippen molar-refractivity contribution in [2.75, 3.05) is 0 Å². The van der Waals surface area contributed by atoms with E-state index in [0.717, 1.165) is 0 Å². The second-order valence-corrected chi connectivity index (χ2v) is 3.22. The molecule has 0 bridgehead atoms. The molecule has 0 saturated heterocycles. The first-order chi connectivity index (χ1) is 6.06. The van der Waals surface area contributed by atoms with Crippen LogP contribution in [-0.4, -0.2) is 16.2 Å². The van der Waals surface area contributed by atoms with E-state index in [4.69, 9.17) is 5.11 Å². The van der Waals surface area contributed by atoms with Crippen molar-refractivity contribution in [3.8, 4) is 0 Å². The van der Waals surface area contributed by atoms with E-state index in [1.54, 1.807) is 6.92 Å². The van der Waals surface area contributed by atoms with E-state index in [0.29, 0.717) is 10.2 Å². The second-order valence-electron chi connectivity index (χ2n) is 2.43. The summed E-state index contributed by atoms with van der Waals surface area (Å²) in [4.78, 5) is 20.6. The lowest BCUT2D eigenvalue weighted by Crippen LogP contribution is -2.41. The van der Waals surface area contributed by atoms with Gasteiger partial charge >= 0.3 is 5.97 Å². The van der Waals surface area contributed by atoms with Crippen molar-refractivity contribution in [3.05, 3.63) is 15.1 Å². The zero-order chi connectivity index (χ0) is 10.0. The molecule has 0 amide bonds. The van der Waals surface area contributed by atoms with Gasteiger partial charge < -0.3 is 5.11 Å². The molecule has 70 valence electrons. The number of halogens is 1. The minimum atomic E-state index is -0.987. The predicted octanol–water partition coefficient (Wildman–Crippen LogP) is 0.856. The molecule has 1 rings (SSSR count). The predicted molar refractivity (Wildman–Crippen MR) is 46.5 cm³/mol. The van der Waals surface area contributed by atoms with Crippen molar-refractivity contribution in [3.63, 3.8) is 0 Å². The van der Waals surface area contributed by atoms with Crippen LogP contribution in [0.4, 0.5) is 5.82 Å². The summed E-state index contributed by atoms with van der Waals surface area (Å²) in [7, 11) is 0. The number of carboxylic acids is 1. The Morgan fingerprint density at radius 3 is 2.77 bits per heavy atom. The third kappa shape index (κ3) is 1.92. The summed E-state index contributed by atoms with van der Waals surface area (Å²) in [6, 6.07) is 0. The first kappa shape index (κ1) is 9.85. The van der Waals surface area contributed by atoms with Crippen LogP contribution in [0.5, 0.6) is 0 Å². The van der Waals surface area contributed by atoms with Gasteiger partial charge in [0.05, 0.1) is 0 Å². The molecule has 6 nitrogen and oxygen atoms in total. The molecule has 0 aromatic carbocycles. The highest BCUT2D eigenvalue weighted by Gasteiger charge is 2.21. The average molecular weight is 249 g/mol. The molecule has 0 aliphatic heterocycles. The molecule has 0 unspecified atom stereocenters. The van der Waals surface area contributed by atoms with Crippen molar-refractivity contribution in [2.24, 2.45) is 5.18 Å². The van der Waals surface area contributed by atoms with Crippen molar-refractivity contribution < 1.29 is 14.6 Å². The van der Waals surface area contributed by atoms with Gasteiger partial charge in [0.25, 0.3) is 6.54 Å². The quantitative estimate of drug-likeness (QED) is 0.615. The summed E-state index contributed by atoms with van der Waals surface area (Å²) in [5.41, 5.74) is 0.622. The summed E-state index contributed by atoms with van der Waals surface area (Å²) >= 11 is 3.11. The molecule has 7 heteroatoms. The van der Waals surface area contributed by atoms with Crippen LogP contribution in [0.25, 0.3) is 0 Å². The van der Waals surface area contributed by atoms with Crippen molar-refractivity contribution >= 4 is 27.7 Å². The molecule has 0 fully saturated rings. The molecule has 2 N–H and O–H groups in total. The van der Waals surface area contributed by atoms with Crippen LogP contribution in [0.3, 0.4) is 0 Å². The van der Waals surface area contributed by atoms with E-state index < -0.39 is 5.97 Å². The van der Waals surface area contributed by atoms with Gasteiger partial charge in [-0.2, -0.15) is 0 Å². The van der Waals surface area contributed by atoms with Gasteiger partial charge in [-0.3, -0.25) is 0 Å². The summed E-state index contributed by atoms with van der Waals surface area (Å²) in [5.74, 6) is -0.891. The molecule has 1 heterocycles. The average Bonchev–Trinajstić information content (AvgIpc) is 2.32. The van der Waals surface area contributed by atoms with Crippen molar-refractivity contribution in [2.45, 2.75) is 13.5 Å². The Kier molecular flexibility index (Phi) is 2.76. The molecule has 0 radical (unpaired) electrons. The van der Waals surface area contributed by atoms with Gasteiger partial charge in [0, 0.05) is 6.92 Å². The maximum absolute atomic E-state index is 10.4.